The first kappa shape index (κ1) is 15.3. The van der Waals surface area contributed by atoms with Crippen LogP contribution in [-0.4, -0.2) is 6.54 Å². The van der Waals surface area contributed by atoms with Crippen molar-refractivity contribution in [3.63, 3.8) is 0 Å². The van der Waals surface area contributed by atoms with E-state index in [9.17, 15) is 8.78 Å². The number of hydrogen-bond donors (Lipinski definition) is 1. The summed E-state index contributed by atoms with van der Waals surface area (Å²) < 4.78 is 26.8. The molecule has 18 heavy (non-hydrogen) atoms. The van der Waals surface area contributed by atoms with Crippen LogP contribution < -0.4 is 5.32 Å². The highest BCUT2D eigenvalue weighted by Gasteiger charge is 2.18. The monoisotopic (exact) mass is 317 g/mol. The first-order valence-corrected chi connectivity index (χ1v) is 6.83. The Balaban J connectivity index is 3.05. The number of rotatable bonds is 6. The highest BCUT2D eigenvalue weighted by atomic mass is 79.9. The van der Waals surface area contributed by atoms with E-state index >= 15 is 0 Å². The highest BCUT2D eigenvalue weighted by Crippen LogP contribution is 2.31. The summed E-state index contributed by atoms with van der Waals surface area (Å²) in [7, 11) is 0. The van der Waals surface area contributed by atoms with E-state index in [2.05, 4.69) is 27.8 Å². The molecule has 1 unspecified atom stereocenters. The second kappa shape index (κ2) is 7.00. The number of hydrogen-bond acceptors (Lipinski definition) is 1. The van der Waals surface area contributed by atoms with Crippen LogP contribution in [0.25, 0.3) is 0 Å². The Morgan fingerprint density at radius 2 is 2.06 bits per heavy atom. The average Bonchev–Trinajstić information content (AvgIpc) is 2.35. The van der Waals surface area contributed by atoms with Crippen molar-refractivity contribution in [2.75, 3.05) is 6.54 Å². The van der Waals surface area contributed by atoms with Crippen LogP contribution in [0.15, 0.2) is 28.8 Å². The Hall–Kier alpha value is -0.740. The molecule has 0 aromatic heterocycles. The topological polar surface area (TPSA) is 12.0 Å². The maximum absolute atomic E-state index is 13.5. The summed E-state index contributed by atoms with van der Waals surface area (Å²) in [5.41, 5.74) is 1.81. The summed E-state index contributed by atoms with van der Waals surface area (Å²) in [5.74, 6) is -1.67. The maximum atomic E-state index is 13.5. The molecule has 0 bridgehead atoms. The minimum atomic E-state index is -0.838. The third-order valence-corrected chi connectivity index (χ3v) is 3.69. The van der Waals surface area contributed by atoms with Crippen LogP contribution in [-0.2, 0) is 0 Å². The molecule has 0 saturated heterocycles. The van der Waals surface area contributed by atoms with E-state index in [1.165, 1.54) is 0 Å². The molecule has 0 radical (unpaired) electrons. The van der Waals surface area contributed by atoms with Gasteiger partial charge in [-0.25, -0.2) is 8.78 Å². The van der Waals surface area contributed by atoms with Gasteiger partial charge in [-0.1, -0.05) is 32.1 Å². The van der Waals surface area contributed by atoms with Gasteiger partial charge in [-0.3, -0.25) is 0 Å². The molecule has 1 aromatic carbocycles. The molecule has 1 nitrogen and oxygen atoms in total. The second-order valence-electron chi connectivity index (χ2n) is 4.18. The van der Waals surface area contributed by atoms with Crippen LogP contribution in [0.3, 0.4) is 0 Å². The lowest BCUT2D eigenvalue weighted by molar-refractivity contribution is 0.490. The molecule has 0 spiro atoms. The number of nitrogens with one attached hydrogen (secondary N) is 1. The standard InChI is InChI=1S/C14H18BrF2N/c1-4-9(3)8-12(18-5-2)10-6-7-11(16)14(17)13(10)15/h6-7,12,18H,3-5,8H2,1-2H3. The molecule has 0 heterocycles. The fourth-order valence-electron chi connectivity index (χ4n) is 1.78. The predicted octanol–water partition coefficient (Wildman–Crippen LogP) is 4.73. The lowest BCUT2D eigenvalue weighted by Crippen LogP contribution is -2.22. The normalized spacial score (nSPS) is 12.5. The average molecular weight is 318 g/mol. The van der Waals surface area contributed by atoms with Crippen molar-refractivity contribution >= 4 is 15.9 Å². The quantitative estimate of drug-likeness (QED) is 0.590. The molecule has 1 aromatic rings. The van der Waals surface area contributed by atoms with Crippen molar-refractivity contribution in [3.05, 3.63) is 46.0 Å². The smallest absolute Gasteiger partial charge is 0.173 e. The van der Waals surface area contributed by atoms with Gasteiger partial charge in [-0.2, -0.15) is 0 Å². The van der Waals surface area contributed by atoms with Crippen molar-refractivity contribution in [2.24, 2.45) is 0 Å². The molecule has 0 aliphatic carbocycles. The van der Waals surface area contributed by atoms with Crippen molar-refractivity contribution in [1.82, 2.24) is 5.32 Å². The van der Waals surface area contributed by atoms with E-state index in [0.29, 0.717) is 6.42 Å². The van der Waals surface area contributed by atoms with E-state index in [4.69, 9.17) is 0 Å². The molecule has 0 fully saturated rings. The van der Waals surface area contributed by atoms with Crippen molar-refractivity contribution in [2.45, 2.75) is 32.7 Å². The zero-order valence-electron chi connectivity index (χ0n) is 10.7. The van der Waals surface area contributed by atoms with Crippen LogP contribution in [0.5, 0.6) is 0 Å². The molecule has 0 aliphatic heterocycles. The van der Waals surface area contributed by atoms with E-state index in [0.717, 1.165) is 30.2 Å². The summed E-state index contributed by atoms with van der Waals surface area (Å²) in [6.07, 6.45) is 1.59. The Morgan fingerprint density at radius 3 is 2.61 bits per heavy atom. The number of benzene rings is 1. The molecule has 4 heteroatoms. The third kappa shape index (κ3) is 3.62. The third-order valence-electron chi connectivity index (χ3n) is 2.88. The Morgan fingerprint density at radius 1 is 1.39 bits per heavy atom. The van der Waals surface area contributed by atoms with Crippen LogP contribution >= 0.6 is 15.9 Å². The van der Waals surface area contributed by atoms with Crippen LogP contribution in [0.4, 0.5) is 8.78 Å². The van der Waals surface area contributed by atoms with E-state index in [-0.39, 0.29) is 10.5 Å². The summed E-state index contributed by atoms with van der Waals surface area (Å²) in [5, 5.41) is 3.27. The molecular formula is C14H18BrF2N. The molecular weight excluding hydrogens is 300 g/mol. The summed E-state index contributed by atoms with van der Waals surface area (Å²) >= 11 is 3.13. The van der Waals surface area contributed by atoms with E-state index < -0.39 is 11.6 Å². The molecule has 0 amide bonds. The van der Waals surface area contributed by atoms with Gasteiger partial charge >= 0.3 is 0 Å². The second-order valence-corrected chi connectivity index (χ2v) is 4.98. The van der Waals surface area contributed by atoms with Crippen molar-refractivity contribution < 1.29 is 8.78 Å². The first-order chi connectivity index (χ1) is 8.51. The van der Waals surface area contributed by atoms with Crippen LogP contribution in [0, 0.1) is 11.6 Å². The van der Waals surface area contributed by atoms with Gasteiger partial charge in [0.05, 0.1) is 4.47 Å². The molecule has 0 aliphatic rings. The SMILES string of the molecule is C=C(CC)CC(NCC)c1ccc(F)c(F)c1Br. The lowest BCUT2D eigenvalue weighted by Gasteiger charge is -2.21. The molecule has 1 rings (SSSR count). The van der Waals surface area contributed by atoms with E-state index in [1.807, 2.05) is 13.8 Å². The zero-order chi connectivity index (χ0) is 13.7. The summed E-state index contributed by atoms with van der Waals surface area (Å²) in [6.45, 7) is 8.74. The van der Waals surface area contributed by atoms with Gasteiger partial charge in [0.1, 0.15) is 0 Å². The molecule has 0 saturated carbocycles. The number of halogens is 3. The molecule has 1 N–H and O–H groups in total. The summed E-state index contributed by atoms with van der Waals surface area (Å²) in [6, 6.07) is 2.72. The van der Waals surface area contributed by atoms with Gasteiger partial charge in [0, 0.05) is 6.04 Å². The van der Waals surface area contributed by atoms with Gasteiger partial charge < -0.3 is 5.32 Å². The molecule has 1 atom stereocenters. The zero-order valence-corrected chi connectivity index (χ0v) is 12.3. The van der Waals surface area contributed by atoms with Gasteiger partial charge in [0.25, 0.3) is 0 Å². The summed E-state index contributed by atoms with van der Waals surface area (Å²) in [4.78, 5) is 0. The first-order valence-electron chi connectivity index (χ1n) is 6.04. The fourth-order valence-corrected chi connectivity index (χ4v) is 2.38. The largest absolute Gasteiger partial charge is 0.310 e. The fraction of sp³-hybridized carbons (Fsp3) is 0.429. The van der Waals surface area contributed by atoms with Crippen LogP contribution in [0.2, 0.25) is 0 Å². The van der Waals surface area contributed by atoms with Gasteiger partial charge in [-0.15, -0.1) is 0 Å². The van der Waals surface area contributed by atoms with Crippen molar-refractivity contribution in [1.29, 1.82) is 0 Å². The van der Waals surface area contributed by atoms with Crippen molar-refractivity contribution in [3.8, 4) is 0 Å². The van der Waals surface area contributed by atoms with Gasteiger partial charge in [0.15, 0.2) is 11.6 Å². The Labute approximate surface area is 115 Å². The highest BCUT2D eigenvalue weighted by molar-refractivity contribution is 9.10. The van der Waals surface area contributed by atoms with E-state index in [1.54, 1.807) is 6.07 Å². The maximum Gasteiger partial charge on any atom is 0.173 e. The Kier molecular flexibility index (Phi) is 5.96. The molecule has 100 valence electrons. The predicted molar refractivity (Wildman–Crippen MR) is 74.5 cm³/mol. The minimum absolute atomic E-state index is 0.0491. The van der Waals surface area contributed by atoms with Gasteiger partial charge in [0.2, 0.25) is 0 Å². The Bertz CT molecular complexity index is 432. The minimum Gasteiger partial charge on any atom is -0.310 e. The lowest BCUT2D eigenvalue weighted by atomic mass is 9.98. The van der Waals surface area contributed by atoms with Gasteiger partial charge in [-0.05, 0) is 46.9 Å². The van der Waals surface area contributed by atoms with Crippen LogP contribution in [0.1, 0.15) is 38.3 Å².